The van der Waals surface area contributed by atoms with Crippen LogP contribution in [0.2, 0.25) is 0 Å². The van der Waals surface area contributed by atoms with Crippen LogP contribution in [0.4, 0.5) is 13.2 Å². The Morgan fingerprint density at radius 3 is 2.53 bits per heavy atom. The van der Waals surface area contributed by atoms with Gasteiger partial charge in [0.1, 0.15) is 0 Å². The smallest absolute Gasteiger partial charge is 0.196 e. The van der Waals surface area contributed by atoms with Crippen LogP contribution >= 0.6 is 0 Å². The Balaban J connectivity index is 2.46. The van der Waals surface area contributed by atoms with Crippen LogP contribution < -0.4 is 0 Å². The van der Waals surface area contributed by atoms with Crippen LogP contribution in [-0.4, -0.2) is 30.5 Å². The third-order valence-corrected chi connectivity index (χ3v) is 2.73. The summed E-state index contributed by atoms with van der Waals surface area (Å²) in [7, 11) is 3.82. The molecule has 5 heteroatoms. The number of benzene rings is 1. The van der Waals surface area contributed by atoms with E-state index < -0.39 is 17.5 Å². The summed E-state index contributed by atoms with van der Waals surface area (Å²) in [5, 5.41) is 0.406. The lowest BCUT2D eigenvalue weighted by Gasteiger charge is -2.08. The highest BCUT2D eigenvalue weighted by molar-refractivity contribution is 5.84. The van der Waals surface area contributed by atoms with Crippen molar-refractivity contribution in [3.8, 4) is 0 Å². The van der Waals surface area contributed by atoms with E-state index in [1.165, 1.54) is 0 Å². The lowest BCUT2D eigenvalue weighted by molar-refractivity contribution is 0.414. The van der Waals surface area contributed by atoms with E-state index in [0.29, 0.717) is 11.8 Å². The molecule has 0 aliphatic heterocycles. The largest absolute Gasteiger partial charge is 0.358 e. The molecule has 0 aliphatic carbocycles. The summed E-state index contributed by atoms with van der Waals surface area (Å²) in [6.07, 6.45) is 2.24. The normalized spacial score (nSPS) is 11.6. The van der Waals surface area contributed by atoms with Gasteiger partial charge in [0, 0.05) is 18.1 Å². The molecule has 17 heavy (non-hydrogen) atoms. The maximum atomic E-state index is 13.4. The Labute approximate surface area is 97.0 Å². The van der Waals surface area contributed by atoms with Crippen LogP contribution in [0.25, 0.3) is 10.9 Å². The van der Waals surface area contributed by atoms with Crippen molar-refractivity contribution < 1.29 is 13.2 Å². The zero-order chi connectivity index (χ0) is 12.6. The topological polar surface area (TPSA) is 19.0 Å². The second kappa shape index (κ2) is 4.41. The number of halogens is 3. The highest BCUT2D eigenvalue weighted by Gasteiger charge is 2.16. The molecule has 0 radical (unpaired) electrons. The van der Waals surface area contributed by atoms with Crippen molar-refractivity contribution in [3.63, 3.8) is 0 Å². The van der Waals surface area contributed by atoms with Gasteiger partial charge in [-0.3, -0.25) is 0 Å². The number of H-pyrrole nitrogens is 1. The van der Waals surface area contributed by atoms with Crippen molar-refractivity contribution in [2.45, 2.75) is 6.42 Å². The minimum Gasteiger partial charge on any atom is -0.358 e. The zero-order valence-corrected chi connectivity index (χ0v) is 9.65. The maximum absolute atomic E-state index is 13.4. The molecule has 92 valence electrons. The van der Waals surface area contributed by atoms with Crippen LogP contribution in [0.3, 0.4) is 0 Å². The average molecular weight is 242 g/mol. The molecule has 0 bridgehead atoms. The van der Waals surface area contributed by atoms with E-state index in [1.54, 1.807) is 6.20 Å². The van der Waals surface area contributed by atoms with Gasteiger partial charge in [-0.2, -0.15) is 0 Å². The van der Waals surface area contributed by atoms with Gasteiger partial charge in [0.15, 0.2) is 17.5 Å². The first-order chi connectivity index (χ1) is 8.00. The number of likely N-dealkylation sites (N-methyl/N-ethyl adjacent to an activating group) is 1. The number of hydrogen-bond acceptors (Lipinski definition) is 1. The molecule has 1 N–H and O–H groups in total. The van der Waals surface area contributed by atoms with Crippen molar-refractivity contribution in [2.24, 2.45) is 0 Å². The fourth-order valence-corrected chi connectivity index (χ4v) is 1.78. The molecule has 0 unspecified atom stereocenters. The predicted molar refractivity (Wildman–Crippen MR) is 60.4 cm³/mol. The van der Waals surface area contributed by atoms with E-state index in [-0.39, 0.29) is 5.52 Å². The fourth-order valence-electron chi connectivity index (χ4n) is 1.78. The second-order valence-electron chi connectivity index (χ2n) is 4.28. The molecule has 0 spiro atoms. The zero-order valence-electron chi connectivity index (χ0n) is 9.65. The number of nitrogens with one attached hydrogen (secondary N) is 1. The Morgan fingerprint density at radius 1 is 1.18 bits per heavy atom. The molecule has 0 aliphatic rings. The summed E-state index contributed by atoms with van der Waals surface area (Å²) >= 11 is 0. The second-order valence-corrected chi connectivity index (χ2v) is 4.28. The van der Waals surface area contributed by atoms with Gasteiger partial charge < -0.3 is 9.88 Å². The van der Waals surface area contributed by atoms with E-state index in [0.717, 1.165) is 18.2 Å². The van der Waals surface area contributed by atoms with E-state index >= 15 is 0 Å². The molecule has 1 heterocycles. The molecule has 0 amide bonds. The van der Waals surface area contributed by atoms with Gasteiger partial charge in [0.2, 0.25) is 0 Å². The SMILES string of the molecule is CN(C)CCc1c[nH]c2c(F)c(F)c(F)cc12. The van der Waals surface area contributed by atoms with Crippen molar-refractivity contribution in [2.75, 3.05) is 20.6 Å². The summed E-state index contributed by atoms with van der Waals surface area (Å²) in [6, 6.07) is 1.04. The van der Waals surface area contributed by atoms with Gasteiger partial charge in [-0.15, -0.1) is 0 Å². The first-order valence-corrected chi connectivity index (χ1v) is 5.29. The van der Waals surface area contributed by atoms with E-state index in [2.05, 4.69) is 4.98 Å². The highest BCUT2D eigenvalue weighted by Crippen LogP contribution is 2.25. The molecule has 2 nitrogen and oxygen atoms in total. The quantitative estimate of drug-likeness (QED) is 0.820. The summed E-state index contributed by atoms with van der Waals surface area (Å²) in [5.41, 5.74) is 0.809. The van der Waals surface area contributed by atoms with Crippen LogP contribution in [-0.2, 0) is 6.42 Å². The van der Waals surface area contributed by atoms with Crippen LogP contribution in [0.15, 0.2) is 12.3 Å². The Kier molecular flexibility index (Phi) is 3.11. The number of aromatic nitrogens is 1. The van der Waals surface area contributed by atoms with Crippen molar-refractivity contribution >= 4 is 10.9 Å². The van der Waals surface area contributed by atoms with Gasteiger partial charge >= 0.3 is 0 Å². The minimum atomic E-state index is -1.43. The molecular weight excluding hydrogens is 229 g/mol. The number of nitrogens with zero attached hydrogens (tertiary/aromatic N) is 1. The molecule has 1 aromatic carbocycles. The summed E-state index contributed by atoms with van der Waals surface area (Å²) in [5.74, 6) is -3.74. The van der Waals surface area contributed by atoms with E-state index in [1.807, 2.05) is 19.0 Å². The van der Waals surface area contributed by atoms with E-state index in [4.69, 9.17) is 0 Å². The van der Waals surface area contributed by atoms with Crippen LogP contribution in [0.5, 0.6) is 0 Å². The van der Waals surface area contributed by atoms with Gasteiger partial charge in [-0.1, -0.05) is 0 Å². The number of aromatic amines is 1. The molecule has 1 aromatic heterocycles. The van der Waals surface area contributed by atoms with Crippen molar-refractivity contribution in [1.29, 1.82) is 0 Å². The van der Waals surface area contributed by atoms with Gasteiger partial charge in [-0.05, 0) is 32.1 Å². The van der Waals surface area contributed by atoms with Gasteiger partial charge in [0.05, 0.1) is 5.52 Å². The van der Waals surface area contributed by atoms with Gasteiger partial charge in [-0.25, -0.2) is 13.2 Å². The molecular formula is C12H13F3N2. The first kappa shape index (κ1) is 12.0. The van der Waals surface area contributed by atoms with Crippen molar-refractivity contribution in [3.05, 3.63) is 35.3 Å². The molecule has 0 saturated carbocycles. The van der Waals surface area contributed by atoms with Crippen LogP contribution in [0.1, 0.15) is 5.56 Å². The number of rotatable bonds is 3. The third-order valence-electron chi connectivity index (χ3n) is 2.73. The molecule has 0 saturated heterocycles. The molecule has 2 aromatic rings. The predicted octanol–water partition coefficient (Wildman–Crippen LogP) is 2.69. The maximum Gasteiger partial charge on any atom is 0.196 e. The monoisotopic (exact) mass is 242 g/mol. The Bertz CT molecular complexity index is 546. The summed E-state index contributed by atoms with van der Waals surface area (Å²) < 4.78 is 39.5. The van der Waals surface area contributed by atoms with Gasteiger partial charge in [0.25, 0.3) is 0 Å². The van der Waals surface area contributed by atoms with Crippen molar-refractivity contribution in [1.82, 2.24) is 9.88 Å². The lowest BCUT2D eigenvalue weighted by atomic mass is 10.1. The number of fused-ring (bicyclic) bond motifs is 1. The first-order valence-electron chi connectivity index (χ1n) is 5.29. The Hall–Kier alpha value is -1.49. The Morgan fingerprint density at radius 2 is 1.88 bits per heavy atom. The molecule has 0 fully saturated rings. The average Bonchev–Trinajstić information content (AvgIpc) is 2.66. The van der Waals surface area contributed by atoms with E-state index in [9.17, 15) is 13.2 Å². The highest BCUT2D eigenvalue weighted by atomic mass is 19.2. The fraction of sp³-hybridized carbons (Fsp3) is 0.333. The summed E-state index contributed by atoms with van der Waals surface area (Å²) in [6.45, 7) is 0.758. The summed E-state index contributed by atoms with van der Waals surface area (Å²) in [4.78, 5) is 4.62. The minimum absolute atomic E-state index is 0.0256. The lowest BCUT2D eigenvalue weighted by Crippen LogP contribution is -2.14. The third kappa shape index (κ3) is 2.15. The number of hydrogen-bond donors (Lipinski definition) is 1. The molecule has 0 atom stereocenters. The molecule has 2 rings (SSSR count). The standard InChI is InChI=1S/C12H13F3N2/c1-17(2)4-3-7-6-16-12-8(7)5-9(13)10(14)11(12)15/h5-6,16H,3-4H2,1-2H3. The van der Waals surface area contributed by atoms with Crippen LogP contribution in [0, 0.1) is 17.5 Å².